The number of aromatic amines is 1. The number of hydrogen-bond acceptors (Lipinski definition) is 5. The van der Waals surface area contributed by atoms with Crippen molar-refractivity contribution in [3.05, 3.63) is 35.9 Å². The van der Waals surface area contributed by atoms with Crippen LogP contribution in [0.15, 0.2) is 34.0 Å². The molecule has 7 nitrogen and oxygen atoms in total. The minimum atomic E-state index is -3.58. The van der Waals surface area contributed by atoms with Gasteiger partial charge in [-0.25, -0.2) is 13.1 Å². The summed E-state index contributed by atoms with van der Waals surface area (Å²) in [5.41, 5.74) is 0.660. The van der Waals surface area contributed by atoms with Gasteiger partial charge in [-0.15, -0.1) is 0 Å². The van der Waals surface area contributed by atoms with Crippen LogP contribution in [0.25, 0.3) is 0 Å². The first-order valence-corrected chi connectivity index (χ1v) is 8.41. The second-order valence-electron chi connectivity index (χ2n) is 5.11. The van der Waals surface area contributed by atoms with Gasteiger partial charge in [-0.05, 0) is 25.0 Å². The maximum Gasteiger partial charge on any atom is 0.257 e. The Morgan fingerprint density at radius 2 is 2.29 bits per heavy atom. The second kappa shape index (κ2) is 6.00. The highest BCUT2D eigenvalue weighted by Gasteiger charge is 2.24. The van der Waals surface area contributed by atoms with Crippen molar-refractivity contribution >= 4 is 10.0 Å². The van der Waals surface area contributed by atoms with Crippen LogP contribution in [0, 0.1) is 0 Å². The lowest BCUT2D eigenvalue weighted by atomic mass is 10.3. The van der Waals surface area contributed by atoms with E-state index in [2.05, 4.69) is 20.2 Å². The molecule has 1 fully saturated rings. The normalized spacial score (nSPS) is 15.4. The van der Waals surface area contributed by atoms with E-state index in [1.54, 1.807) is 18.5 Å². The summed E-state index contributed by atoms with van der Waals surface area (Å²) in [4.78, 5) is 0. The van der Waals surface area contributed by atoms with Crippen molar-refractivity contribution in [2.75, 3.05) is 6.54 Å². The molecule has 3 rings (SSSR count). The summed E-state index contributed by atoms with van der Waals surface area (Å²) in [7, 11) is -3.58. The predicted molar refractivity (Wildman–Crippen MR) is 76.0 cm³/mol. The molecule has 0 amide bonds. The third-order valence-electron chi connectivity index (χ3n) is 3.35. The van der Waals surface area contributed by atoms with Crippen LogP contribution >= 0.6 is 0 Å². The standard InChI is InChI=1S/C13H18N4O3S/c18-21(19,16-6-5-12-2-1-7-20-12)13-10(9-15-17-13)8-14-11-3-4-11/h1-2,7,9,11,14,16H,3-6,8H2,(H,15,17). The molecule has 0 unspecified atom stereocenters. The maximum absolute atomic E-state index is 12.3. The van der Waals surface area contributed by atoms with E-state index >= 15 is 0 Å². The van der Waals surface area contributed by atoms with Crippen LogP contribution in [-0.2, 0) is 23.0 Å². The van der Waals surface area contributed by atoms with Gasteiger partial charge in [0.25, 0.3) is 10.0 Å². The van der Waals surface area contributed by atoms with E-state index in [-0.39, 0.29) is 11.6 Å². The van der Waals surface area contributed by atoms with Gasteiger partial charge in [0.1, 0.15) is 5.76 Å². The topological polar surface area (TPSA) is 100 Å². The molecule has 8 heteroatoms. The molecule has 1 aliphatic rings. The quantitative estimate of drug-likeness (QED) is 0.669. The van der Waals surface area contributed by atoms with E-state index in [1.165, 1.54) is 0 Å². The summed E-state index contributed by atoms with van der Waals surface area (Å²) in [5.74, 6) is 0.748. The van der Waals surface area contributed by atoms with Crippen molar-refractivity contribution < 1.29 is 12.8 Å². The highest BCUT2D eigenvalue weighted by atomic mass is 32.2. The van der Waals surface area contributed by atoms with Gasteiger partial charge in [0.05, 0.1) is 12.5 Å². The lowest BCUT2D eigenvalue weighted by Gasteiger charge is -2.07. The Kier molecular flexibility index (Phi) is 4.09. The number of H-pyrrole nitrogens is 1. The van der Waals surface area contributed by atoms with Crippen molar-refractivity contribution in [1.29, 1.82) is 0 Å². The molecular formula is C13H18N4O3S. The molecule has 0 bridgehead atoms. The van der Waals surface area contributed by atoms with Crippen molar-refractivity contribution in [3.8, 4) is 0 Å². The minimum Gasteiger partial charge on any atom is -0.469 e. The van der Waals surface area contributed by atoms with Crippen molar-refractivity contribution in [2.24, 2.45) is 0 Å². The van der Waals surface area contributed by atoms with Gasteiger partial charge in [0.2, 0.25) is 0 Å². The van der Waals surface area contributed by atoms with Crippen molar-refractivity contribution in [3.63, 3.8) is 0 Å². The number of nitrogens with zero attached hydrogens (tertiary/aromatic N) is 1. The average Bonchev–Trinajstić information content (AvgIpc) is 2.93. The van der Waals surface area contributed by atoms with E-state index < -0.39 is 10.0 Å². The lowest BCUT2D eigenvalue weighted by molar-refractivity contribution is 0.505. The van der Waals surface area contributed by atoms with Gasteiger partial charge in [-0.1, -0.05) is 0 Å². The zero-order chi connectivity index (χ0) is 14.7. The molecule has 2 heterocycles. The second-order valence-corrected chi connectivity index (χ2v) is 6.81. The Bertz CT molecular complexity index is 674. The number of aromatic nitrogens is 2. The molecule has 0 atom stereocenters. The van der Waals surface area contributed by atoms with Crippen LogP contribution in [-0.4, -0.2) is 31.2 Å². The zero-order valence-electron chi connectivity index (χ0n) is 11.5. The summed E-state index contributed by atoms with van der Waals surface area (Å²) >= 11 is 0. The Balaban J connectivity index is 1.59. The van der Waals surface area contributed by atoms with E-state index in [0.29, 0.717) is 24.6 Å². The monoisotopic (exact) mass is 310 g/mol. The Labute approximate surface area is 123 Å². The van der Waals surface area contributed by atoms with Gasteiger partial charge < -0.3 is 9.73 Å². The summed E-state index contributed by atoms with van der Waals surface area (Å²) in [6.07, 6.45) is 5.94. The molecular weight excluding hydrogens is 292 g/mol. The van der Waals surface area contributed by atoms with Gasteiger partial charge in [-0.2, -0.15) is 5.10 Å². The van der Waals surface area contributed by atoms with Crippen LogP contribution in [0.3, 0.4) is 0 Å². The van der Waals surface area contributed by atoms with E-state index in [4.69, 9.17) is 4.42 Å². The summed E-state index contributed by atoms with van der Waals surface area (Å²) in [5, 5.41) is 9.83. The van der Waals surface area contributed by atoms with Gasteiger partial charge in [-0.3, -0.25) is 5.10 Å². The number of nitrogens with one attached hydrogen (secondary N) is 3. The number of hydrogen-bond donors (Lipinski definition) is 3. The molecule has 0 aromatic carbocycles. The Morgan fingerprint density at radius 3 is 3.00 bits per heavy atom. The molecule has 0 radical (unpaired) electrons. The Hall–Kier alpha value is -1.64. The molecule has 0 saturated heterocycles. The molecule has 2 aromatic rings. The fourth-order valence-corrected chi connectivity index (χ4v) is 3.19. The summed E-state index contributed by atoms with van der Waals surface area (Å²) < 4.78 is 32.3. The first kappa shape index (κ1) is 14.3. The van der Waals surface area contributed by atoms with E-state index in [0.717, 1.165) is 18.6 Å². The van der Waals surface area contributed by atoms with Gasteiger partial charge in [0.15, 0.2) is 5.03 Å². The molecule has 0 spiro atoms. The first-order valence-electron chi connectivity index (χ1n) is 6.93. The number of rotatable bonds is 8. The first-order chi connectivity index (χ1) is 10.1. The molecule has 2 aromatic heterocycles. The molecule has 1 aliphatic carbocycles. The van der Waals surface area contributed by atoms with Crippen molar-refractivity contribution in [2.45, 2.75) is 36.9 Å². The third kappa shape index (κ3) is 3.72. The van der Waals surface area contributed by atoms with Gasteiger partial charge >= 0.3 is 0 Å². The van der Waals surface area contributed by atoms with Crippen molar-refractivity contribution in [1.82, 2.24) is 20.2 Å². The van der Waals surface area contributed by atoms with Crippen LogP contribution in [0.2, 0.25) is 0 Å². The summed E-state index contributed by atoms with van der Waals surface area (Å²) in [6.45, 7) is 0.792. The SMILES string of the molecule is O=S(=O)(NCCc1ccco1)c1[nH]ncc1CNC1CC1. The van der Waals surface area contributed by atoms with Crippen LogP contribution in [0.4, 0.5) is 0 Å². The summed E-state index contributed by atoms with van der Waals surface area (Å²) in [6, 6.07) is 4.11. The highest BCUT2D eigenvalue weighted by molar-refractivity contribution is 7.89. The molecule has 0 aliphatic heterocycles. The smallest absolute Gasteiger partial charge is 0.257 e. The average molecular weight is 310 g/mol. The van der Waals surface area contributed by atoms with E-state index in [1.807, 2.05) is 6.07 Å². The van der Waals surface area contributed by atoms with E-state index in [9.17, 15) is 8.42 Å². The maximum atomic E-state index is 12.3. The zero-order valence-corrected chi connectivity index (χ0v) is 12.3. The van der Waals surface area contributed by atoms with Crippen LogP contribution in [0.5, 0.6) is 0 Å². The molecule has 21 heavy (non-hydrogen) atoms. The Morgan fingerprint density at radius 1 is 1.43 bits per heavy atom. The molecule has 1 saturated carbocycles. The minimum absolute atomic E-state index is 0.134. The number of furan rings is 1. The highest BCUT2D eigenvalue weighted by Crippen LogP contribution is 2.20. The fraction of sp³-hybridized carbons (Fsp3) is 0.462. The lowest BCUT2D eigenvalue weighted by Crippen LogP contribution is -2.28. The van der Waals surface area contributed by atoms with Crippen LogP contribution in [0.1, 0.15) is 24.2 Å². The molecule has 114 valence electrons. The largest absolute Gasteiger partial charge is 0.469 e. The van der Waals surface area contributed by atoms with Gasteiger partial charge in [0, 0.05) is 31.1 Å². The van der Waals surface area contributed by atoms with Crippen LogP contribution < -0.4 is 10.0 Å². The number of sulfonamides is 1. The molecule has 3 N–H and O–H groups in total. The predicted octanol–water partition coefficient (Wildman–Crippen LogP) is 0.776. The third-order valence-corrected chi connectivity index (χ3v) is 4.82. The fourth-order valence-electron chi connectivity index (χ4n) is 2.04.